The Balaban J connectivity index is 2.05. The van der Waals surface area contributed by atoms with Crippen molar-refractivity contribution in [2.24, 2.45) is 0 Å². The van der Waals surface area contributed by atoms with Gasteiger partial charge in [0.25, 0.3) is 5.69 Å². The van der Waals surface area contributed by atoms with Gasteiger partial charge in [0, 0.05) is 17.8 Å². The molecule has 0 aliphatic rings. The highest BCUT2D eigenvalue weighted by Gasteiger charge is 2.20. The number of nitrogens with one attached hydrogen (secondary N) is 2. The third-order valence-corrected chi connectivity index (χ3v) is 4.77. The molecule has 1 amide bonds. The Morgan fingerprint density at radius 1 is 1.20 bits per heavy atom. The smallest absolute Gasteiger partial charge is 0.269 e. The van der Waals surface area contributed by atoms with Crippen molar-refractivity contribution in [3.63, 3.8) is 0 Å². The number of hydrogen-bond donors (Lipinski definition) is 2. The first-order valence-electron chi connectivity index (χ1n) is 6.99. The van der Waals surface area contributed by atoms with E-state index in [4.69, 9.17) is 0 Å². The lowest BCUT2D eigenvalue weighted by molar-refractivity contribution is -0.385. The van der Waals surface area contributed by atoms with Crippen LogP contribution in [0.4, 0.5) is 15.8 Å². The molecule has 10 heteroatoms. The standard InChI is InChI=1S/C15H14FN3O5S/c1-10-8-13(19(21)22)6-7-14(10)25(23,24)17-9-15(20)18-12-4-2-11(16)3-5-12/h2-8,17H,9H2,1H3,(H,18,20). The number of rotatable bonds is 6. The number of nitrogens with zero attached hydrogens (tertiary/aromatic N) is 1. The highest BCUT2D eigenvalue weighted by molar-refractivity contribution is 7.89. The van der Waals surface area contributed by atoms with E-state index in [1.54, 1.807) is 0 Å². The minimum atomic E-state index is -4.02. The van der Waals surface area contributed by atoms with E-state index >= 15 is 0 Å². The van der Waals surface area contributed by atoms with Crippen molar-refractivity contribution in [1.29, 1.82) is 0 Å². The van der Waals surface area contributed by atoms with Gasteiger partial charge in [-0.3, -0.25) is 14.9 Å². The molecule has 8 nitrogen and oxygen atoms in total. The lowest BCUT2D eigenvalue weighted by atomic mass is 10.2. The molecule has 0 unspecified atom stereocenters. The molecule has 132 valence electrons. The first kappa shape index (κ1) is 18.5. The van der Waals surface area contributed by atoms with Crippen LogP contribution in [-0.2, 0) is 14.8 Å². The molecule has 0 radical (unpaired) electrons. The maximum atomic E-state index is 12.8. The molecule has 0 aliphatic heterocycles. The van der Waals surface area contributed by atoms with Gasteiger partial charge in [0.1, 0.15) is 5.82 Å². The molecule has 0 heterocycles. The van der Waals surface area contributed by atoms with Gasteiger partial charge in [-0.15, -0.1) is 0 Å². The monoisotopic (exact) mass is 367 g/mol. The summed E-state index contributed by atoms with van der Waals surface area (Å²) in [6, 6.07) is 8.28. The Hall–Kier alpha value is -2.85. The second kappa shape index (κ2) is 7.36. The maximum Gasteiger partial charge on any atom is 0.269 e. The third-order valence-electron chi connectivity index (χ3n) is 3.21. The number of aryl methyl sites for hydroxylation is 1. The van der Waals surface area contributed by atoms with Gasteiger partial charge in [0.2, 0.25) is 15.9 Å². The van der Waals surface area contributed by atoms with Crippen molar-refractivity contribution < 1.29 is 22.5 Å². The zero-order chi connectivity index (χ0) is 18.6. The summed E-state index contributed by atoms with van der Waals surface area (Å²) in [6.45, 7) is 0.871. The van der Waals surface area contributed by atoms with E-state index < -0.39 is 33.2 Å². The minimum absolute atomic E-state index is 0.160. The Morgan fingerprint density at radius 2 is 1.84 bits per heavy atom. The van der Waals surface area contributed by atoms with Crippen LogP contribution in [0.25, 0.3) is 0 Å². The SMILES string of the molecule is Cc1cc([N+](=O)[O-])ccc1S(=O)(=O)NCC(=O)Nc1ccc(F)cc1. The fourth-order valence-corrected chi connectivity index (χ4v) is 3.23. The number of nitro benzene ring substituents is 1. The zero-order valence-corrected chi connectivity index (χ0v) is 13.8. The number of anilines is 1. The molecule has 0 fully saturated rings. The van der Waals surface area contributed by atoms with Crippen molar-refractivity contribution >= 4 is 27.3 Å². The molecule has 2 aromatic rings. The highest BCUT2D eigenvalue weighted by atomic mass is 32.2. The van der Waals surface area contributed by atoms with Crippen molar-refractivity contribution in [3.8, 4) is 0 Å². The molecule has 0 saturated heterocycles. The summed E-state index contributed by atoms with van der Waals surface area (Å²) in [5, 5.41) is 13.1. The highest BCUT2D eigenvalue weighted by Crippen LogP contribution is 2.20. The quantitative estimate of drug-likeness (QED) is 0.598. The van der Waals surface area contributed by atoms with Gasteiger partial charge in [-0.25, -0.2) is 17.5 Å². The number of amides is 1. The van der Waals surface area contributed by atoms with Gasteiger partial charge >= 0.3 is 0 Å². The van der Waals surface area contributed by atoms with Gasteiger partial charge in [-0.05, 0) is 42.8 Å². The van der Waals surface area contributed by atoms with Crippen molar-refractivity contribution in [3.05, 3.63) is 64.0 Å². The molecular formula is C15H14FN3O5S. The van der Waals surface area contributed by atoms with Crippen LogP contribution in [0.5, 0.6) is 0 Å². The Morgan fingerprint density at radius 3 is 2.40 bits per heavy atom. The zero-order valence-electron chi connectivity index (χ0n) is 13.0. The fraction of sp³-hybridized carbons (Fsp3) is 0.133. The van der Waals surface area contributed by atoms with Gasteiger partial charge in [-0.2, -0.15) is 0 Å². The van der Waals surface area contributed by atoms with E-state index in [0.29, 0.717) is 5.69 Å². The van der Waals surface area contributed by atoms with Crippen LogP contribution in [-0.4, -0.2) is 25.8 Å². The van der Waals surface area contributed by atoms with Crippen LogP contribution in [0.15, 0.2) is 47.4 Å². The summed E-state index contributed by atoms with van der Waals surface area (Å²) in [6.07, 6.45) is 0. The third kappa shape index (κ3) is 4.81. The minimum Gasteiger partial charge on any atom is -0.325 e. The average Bonchev–Trinajstić information content (AvgIpc) is 2.55. The summed E-state index contributed by atoms with van der Waals surface area (Å²) in [5.74, 6) is -1.11. The second-order valence-corrected chi connectivity index (χ2v) is 6.82. The largest absolute Gasteiger partial charge is 0.325 e. The van der Waals surface area contributed by atoms with Gasteiger partial charge in [0.15, 0.2) is 0 Å². The predicted molar refractivity (Wildman–Crippen MR) is 88.1 cm³/mol. The van der Waals surface area contributed by atoms with E-state index in [2.05, 4.69) is 10.0 Å². The molecule has 25 heavy (non-hydrogen) atoms. The normalized spacial score (nSPS) is 11.1. The maximum absolute atomic E-state index is 12.8. The molecule has 0 bridgehead atoms. The number of non-ortho nitro benzene ring substituents is 1. The number of nitro groups is 1. The number of halogens is 1. The molecule has 0 saturated carbocycles. The second-order valence-electron chi connectivity index (χ2n) is 5.09. The van der Waals surface area contributed by atoms with Crippen LogP contribution >= 0.6 is 0 Å². The molecule has 0 aliphatic carbocycles. The fourth-order valence-electron chi connectivity index (χ4n) is 2.03. The van der Waals surface area contributed by atoms with Crippen molar-refractivity contribution in [1.82, 2.24) is 4.72 Å². The van der Waals surface area contributed by atoms with Gasteiger partial charge in [-0.1, -0.05) is 0 Å². The number of carbonyl (C=O) groups is 1. The Kier molecular flexibility index (Phi) is 5.45. The van der Waals surface area contributed by atoms with Gasteiger partial charge in [0.05, 0.1) is 16.4 Å². The lowest BCUT2D eigenvalue weighted by Crippen LogP contribution is -2.33. The molecule has 0 spiro atoms. The molecule has 2 N–H and O–H groups in total. The average molecular weight is 367 g/mol. The van der Waals surface area contributed by atoms with Crippen LogP contribution < -0.4 is 10.0 Å². The first-order chi connectivity index (χ1) is 11.7. The predicted octanol–water partition coefficient (Wildman–Crippen LogP) is 1.96. The topological polar surface area (TPSA) is 118 Å². The number of sulfonamides is 1. The lowest BCUT2D eigenvalue weighted by Gasteiger charge is -2.09. The Bertz CT molecular complexity index is 913. The number of hydrogen-bond acceptors (Lipinski definition) is 5. The molecule has 0 aromatic heterocycles. The van der Waals surface area contributed by atoms with E-state index in [-0.39, 0.29) is 16.1 Å². The molecule has 2 rings (SSSR count). The van der Waals surface area contributed by atoms with E-state index in [1.165, 1.54) is 19.1 Å². The molecule has 0 atom stereocenters. The summed E-state index contributed by atoms with van der Waals surface area (Å²) in [7, 11) is -4.02. The van der Waals surface area contributed by atoms with Crippen molar-refractivity contribution in [2.45, 2.75) is 11.8 Å². The van der Waals surface area contributed by atoms with Crippen LogP contribution in [0, 0.1) is 22.9 Å². The first-order valence-corrected chi connectivity index (χ1v) is 8.47. The van der Waals surface area contributed by atoms with E-state index in [0.717, 1.165) is 30.3 Å². The number of benzene rings is 2. The van der Waals surface area contributed by atoms with Crippen LogP contribution in [0.3, 0.4) is 0 Å². The van der Waals surface area contributed by atoms with Crippen LogP contribution in [0.1, 0.15) is 5.56 Å². The Labute approximate surface area is 142 Å². The van der Waals surface area contributed by atoms with Crippen molar-refractivity contribution in [2.75, 3.05) is 11.9 Å². The molecule has 2 aromatic carbocycles. The summed E-state index contributed by atoms with van der Waals surface area (Å²) in [5.41, 5.74) is 0.267. The van der Waals surface area contributed by atoms with E-state index in [9.17, 15) is 27.7 Å². The van der Waals surface area contributed by atoms with Crippen LogP contribution in [0.2, 0.25) is 0 Å². The summed E-state index contributed by atoms with van der Waals surface area (Å²) >= 11 is 0. The summed E-state index contributed by atoms with van der Waals surface area (Å²) in [4.78, 5) is 21.7. The summed E-state index contributed by atoms with van der Waals surface area (Å²) < 4.78 is 39.3. The van der Waals surface area contributed by atoms with E-state index in [1.807, 2.05) is 0 Å². The number of carbonyl (C=O) groups excluding carboxylic acids is 1. The van der Waals surface area contributed by atoms with Gasteiger partial charge < -0.3 is 5.32 Å². The molecular weight excluding hydrogens is 353 g/mol.